The second-order valence-corrected chi connectivity index (χ2v) is 4.13. The molecule has 90 valence electrons. The third-order valence-electron chi connectivity index (χ3n) is 2.69. The molecule has 4 heteroatoms. The van der Waals surface area contributed by atoms with Crippen LogP contribution < -0.4 is 5.32 Å². The monoisotopic (exact) mass is 233 g/mol. The molecule has 1 aromatic carbocycles. The van der Waals surface area contributed by atoms with Crippen LogP contribution in [-0.4, -0.2) is 9.97 Å². The maximum Gasteiger partial charge on any atom is 0.123 e. The molecule has 0 atom stereocenters. The Morgan fingerprint density at radius 1 is 1.29 bits per heavy atom. The molecular weight excluding hydrogens is 217 g/mol. The van der Waals surface area contributed by atoms with Gasteiger partial charge < -0.3 is 10.3 Å². The highest BCUT2D eigenvalue weighted by molar-refractivity contribution is 5.16. The Morgan fingerprint density at radius 3 is 2.76 bits per heavy atom. The van der Waals surface area contributed by atoms with E-state index in [-0.39, 0.29) is 5.82 Å². The third-order valence-corrected chi connectivity index (χ3v) is 2.69. The van der Waals surface area contributed by atoms with Crippen LogP contribution >= 0.6 is 0 Å². The van der Waals surface area contributed by atoms with Crippen molar-refractivity contribution < 1.29 is 4.39 Å². The van der Waals surface area contributed by atoms with Gasteiger partial charge in [0.05, 0.1) is 12.2 Å². The zero-order valence-electron chi connectivity index (χ0n) is 10.0. The molecule has 3 nitrogen and oxygen atoms in total. The minimum atomic E-state index is -0.200. The van der Waals surface area contributed by atoms with Crippen molar-refractivity contribution in [3.8, 4) is 0 Å². The fourth-order valence-corrected chi connectivity index (χ4v) is 1.68. The average molecular weight is 233 g/mol. The van der Waals surface area contributed by atoms with Gasteiger partial charge >= 0.3 is 0 Å². The first kappa shape index (κ1) is 11.8. The van der Waals surface area contributed by atoms with Gasteiger partial charge in [0.1, 0.15) is 11.6 Å². The summed E-state index contributed by atoms with van der Waals surface area (Å²) in [5.74, 6) is 0.713. The number of H-pyrrole nitrogens is 1. The fourth-order valence-electron chi connectivity index (χ4n) is 1.68. The number of nitrogens with one attached hydrogen (secondary N) is 2. The number of halogens is 1. The van der Waals surface area contributed by atoms with Crippen molar-refractivity contribution in [1.82, 2.24) is 15.3 Å². The van der Waals surface area contributed by atoms with Crippen LogP contribution in [0.15, 0.2) is 24.3 Å². The van der Waals surface area contributed by atoms with E-state index in [1.165, 1.54) is 12.1 Å². The number of hydrogen-bond acceptors (Lipinski definition) is 2. The molecule has 0 spiro atoms. The van der Waals surface area contributed by atoms with Gasteiger partial charge in [-0.05, 0) is 31.5 Å². The Labute approximate surface area is 100 Å². The molecule has 0 bridgehead atoms. The molecule has 1 heterocycles. The van der Waals surface area contributed by atoms with E-state index in [0.717, 1.165) is 22.8 Å². The van der Waals surface area contributed by atoms with Crippen LogP contribution in [0.2, 0.25) is 0 Å². The first-order valence-electron chi connectivity index (χ1n) is 5.62. The fraction of sp³-hybridized carbons (Fsp3) is 0.308. The van der Waals surface area contributed by atoms with Crippen LogP contribution in [0.5, 0.6) is 0 Å². The molecular formula is C13H16FN3. The Kier molecular flexibility index (Phi) is 3.54. The SMILES string of the molecule is Cc1nc(CNCc2cccc(F)c2)[nH]c1C. The van der Waals surface area contributed by atoms with E-state index in [9.17, 15) is 4.39 Å². The smallest absolute Gasteiger partial charge is 0.123 e. The number of imidazole rings is 1. The van der Waals surface area contributed by atoms with Crippen molar-refractivity contribution in [3.05, 3.63) is 52.9 Å². The molecule has 2 aromatic rings. The number of nitrogens with zero attached hydrogens (tertiary/aromatic N) is 1. The van der Waals surface area contributed by atoms with Crippen LogP contribution in [0.4, 0.5) is 4.39 Å². The normalized spacial score (nSPS) is 10.8. The summed E-state index contributed by atoms with van der Waals surface area (Å²) in [6.07, 6.45) is 0. The van der Waals surface area contributed by atoms with E-state index in [1.54, 1.807) is 6.07 Å². The van der Waals surface area contributed by atoms with Gasteiger partial charge in [0.15, 0.2) is 0 Å². The number of hydrogen-bond donors (Lipinski definition) is 2. The maximum atomic E-state index is 12.9. The maximum absolute atomic E-state index is 12.9. The van der Waals surface area contributed by atoms with Gasteiger partial charge in [0.2, 0.25) is 0 Å². The van der Waals surface area contributed by atoms with Crippen LogP contribution in [0.3, 0.4) is 0 Å². The molecule has 0 unspecified atom stereocenters. The van der Waals surface area contributed by atoms with Crippen molar-refractivity contribution in [1.29, 1.82) is 0 Å². The third kappa shape index (κ3) is 3.14. The highest BCUT2D eigenvalue weighted by Crippen LogP contribution is 2.05. The number of aryl methyl sites for hydroxylation is 2. The number of rotatable bonds is 4. The van der Waals surface area contributed by atoms with Crippen molar-refractivity contribution >= 4 is 0 Å². The average Bonchev–Trinajstić information content (AvgIpc) is 2.58. The van der Waals surface area contributed by atoms with Crippen molar-refractivity contribution in [2.24, 2.45) is 0 Å². The predicted molar refractivity (Wildman–Crippen MR) is 65.0 cm³/mol. The topological polar surface area (TPSA) is 40.7 Å². The molecule has 0 aliphatic rings. The number of aromatic nitrogens is 2. The Balaban J connectivity index is 1.87. The Hall–Kier alpha value is -1.68. The largest absolute Gasteiger partial charge is 0.345 e. The lowest BCUT2D eigenvalue weighted by Crippen LogP contribution is -2.13. The van der Waals surface area contributed by atoms with Crippen molar-refractivity contribution in [2.75, 3.05) is 0 Å². The lowest BCUT2D eigenvalue weighted by Gasteiger charge is -2.03. The van der Waals surface area contributed by atoms with E-state index in [0.29, 0.717) is 13.1 Å². The van der Waals surface area contributed by atoms with Gasteiger partial charge in [-0.1, -0.05) is 12.1 Å². The van der Waals surface area contributed by atoms with Crippen molar-refractivity contribution in [3.63, 3.8) is 0 Å². The van der Waals surface area contributed by atoms with E-state index in [2.05, 4.69) is 15.3 Å². The molecule has 0 fully saturated rings. The highest BCUT2D eigenvalue weighted by atomic mass is 19.1. The van der Waals surface area contributed by atoms with Crippen LogP contribution in [-0.2, 0) is 13.1 Å². The van der Waals surface area contributed by atoms with E-state index in [4.69, 9.17) is 0 Å². The Bertz CT molecular complexity index is 486. The van der Waals surface area contributed by atoms with Crippen LogP contribution in [0.1, 0.15) is 22.8 Å². The van der Waals surface area contributed by atoms with Gasteiger partial charge in [0.25, 0.3) is 0 Å². The standard InChI is InChI=1S/C13H16FN3/c1-9-10(2)17-13(16-9)8-15-7-11-4-3-5-12(14)6-11/h3-6,15H,7-8H2,1-2H3,(H,16,17). The van der Waals surface area contributed by atoms with Crippen molar-refractivity contribution in [2.45, 2.75) is 26.9 Å². The summed E-state index contributed by atoms with van der Waals surface area (Å²) in [5.41, 5.74) is 3.05. The Morgan fingerprint density at radius 2 is 2.12 bits per heavy atom. The van der Waals surface area contributed by atoms with Gasteiger partial charge in [-0.2, -0.15) is 0 Å². The first-order valence-corrected chi connectivity index (χ1v) is 5.62. The zero-order chi connectivity index (χ0) is 12.3. The molecule has 0 saturated carbocycles. The lowest BCUT2D eigenvalue weighted by atomic mass is 10.2. The van der Waals surface area contributed by atoms with Gasteiger partial charge in [0, 0.05) is 12.2 Å². The number of aromatic amines is 1. The highest BCUT2D eigenvalue weighted by Gasteiger charge is 2.01. The molecule has 0 saturated heterocycles. The molecule has 2 N–H and O–H groups in total. The summed E-state index contributed by atoms with van der Waals surface area (Å²) in [4.78, 5) is 7.56. The predicted octanol–water partition coefficient (Wildman–Crippen LogP) is 2.46. The summed E-state index contributed by atoms with van der Waals surface area (Å²) in [6.45, 7) is 5.27. The van der Waals surface area contributed by atoms with E-state index < -0.39 is 0 Å². The van der Waals surface area contributed by atoms with Gasteiger partial charge in [-0.15, -0.1) is 0 Å². The molecule has 1 aromatic heterocycles. The quantitative estimate of drug-likeness (QED) is 0.851. The van der Waals surface area contributed by atoms with Gasteiger partial charge in [-0.25, -0.2) is 9.37 Å². The molecule has 2 rings (SSSR count). The summed E-state index contributed by atoms with van der Waals surface area (Å²) < 4.78 is 12.9. The molecule has 0 radical (unpaired) electrons. The first-order chi connectivity index (χ1) is 8.15. The minimum absolute atomic E-state index is 0.200. The zero-order valence-corrected chi connectivity index (χ0v) is 10.0. The van der Waals surface area contributed by atoms with Crippen LogP contribution in [0, 0.1) is 19.7 Å². The summed E-state index contributed by atoms with van der Waals surface area (Å²) in [6, 6.07) is 6.59. The molecule has 0 aliphatic carbocycles. The van der Waals surface area contributed by atoms with Gasteiger partial charge in [-0.3, -0.25) is 0 Å². The summed E-state index contributed by atoms with van der Waals surface area (Å²) in [5, 5.41) is 3.23. The van der Waals surface area contributed by atoms with Crippen LogP contribution in [0.25, 0.3) is 0 Å². The van der Waals surface area contributed by atoms with E-state index >= 15 is 0 Å². The molecule has 0 aliphatic heterocycles. The second-order valence-electron chi connectivity index (χ2n) is 4.13. The molecule has 0 amide bonds. The summed E-state index contributed by atoms with van der Waals surface area (Å²) in [7, 11) is 0. The van der Waals surface area contributed by atoms with E-state index in [1.807, 2.05) is 19.9 Å². The number of benzene rings is 1. The molecule has 17 heavy (non-hydrogen) atoms. The minimum Gasteiger partial charge on any atom is -0.345 e. The summed E-state index contributed by atoms with van der Waals surface area (Å²) >= 11 is 0. The second kappa shape index (κ2) is 5.10. The lowest BCUT2D eigenvalue weighted by molar-refractivity contribution is 0.618.